The number of fused-ring (bicyclic) bond motifs is 1. The van der Waals surface area contributed by atoms with E-state index in [1.54, 1.807) is 28.8 Å². The Balaban J connectivity index is 1.57. The van der Waals surface area contributed by atoms with E-state index >= 15 is 0 Å². The van der Waals surface area contributed by atoms with Gasteiger partial charge in [0.2, 0.25) is 0 Å². The molecule has 2 heterocycles. The third-order valence-corrected chi connectivity index (χ3v) is 6.91. The van der Waals surface area contributed by atoms with Crippen LogP contribution in [-0.4, -0.2) is 42.2 Å². The van der Waals surface area contributed by atoms with Gasteiger partial charge in [0.05, 0.1) is 14.2 Å². The minimum Gasteiger partial charge on any atom is -0.497 e. The van der Waals surface area contributed by atoms with E-state index in [1.807, 2.05) is 32.0 Å². The Hall–Kier alpha value is -3.31. The number of hydrogen-bond acceptors (Lipinski definition) is 8. The fraction of sp³-hybridized carbons (Fsp3) is 0.190. The van der Waals surface area contributed by atoms with Gasteiger partial charge < -0.3 is 9.47 Å². The van der Waals surface area contributed by atoms with Gasteiger partial charge in [-0.1, -0.05) is 11.8 Å². The van der Waals surface area contributed by atoms with E-state index in [9.17, 15) is 8.42 Å². The smallest absolute Gasteiger partial charge is 0.265 e. The van der Waals surface area contributed by atoms with Crippen molar-refractivity contribution in [2.24, 2.45) is 0 Å². The molecule has 2 aromatic carbocycles. The van der Waals surface area contributed by atoms with E-state index in [1.165, 1.54) is 32.0 Å². The number of nitrogens with one attached hydrogen (secondary N) is 1. The summed E-state index contributed by atoms with van der Waals surface area (Å²) in [6.07, 6.45) is 0. The van der Waals surface area contributed by atoms with Gasteiger partial charge >= 0.3 is 0 Å². The largest absolute Gasteiger partial charge is 0.497 e. The molecule has 2 aromatic heterocycles. The summed E-state index contributed by atoms with van der Waals surface area (Å²) in [5.41, 5.74) is 1.26. The summed E-state index contributed by atoms with van der Waals surface area (Å²) in [5, 5.41) is 5.25. The summed E-state index contributed by atoms with van der Waals surface area (Å²) in [5.74, 6) is 1.83. The average molecular weight is 472 g/mol. The van der Waals surface area contributed by atoms with Crippen molar-refractivity contribution in [1.29, 1.82) is 0 Å². The van der Waals surface area contributed by atoms with Crippen LogP contribution in [-0.2, 0) is 10.0 Å². The molecule has 0 aliphatic carbocycles. The quantitative estimate of drug-likeness (QED) is 0.407. The molecule has 0 unspecified atom stereocenters. The van der Waals surface area contributed by atoms with Crippen LogP contribution in [0.5, 0.6) is 11.5 Å². The fourth-order valence-corrected chi connectivity index (χ4v) is 5.24. The van der Waals surface area contributed by atoms with Gasteiger partial charge in [-0.05, 0) is 56.3 Å². The zero-order valence-corrected chi connectivity index (χ0v) is 19.5. The van der Waals surface area contributed by atoms with Crippen LogP contribution in [0.15, 0.2) is 63.3 Å². The molecule has 0 spiro atoms. The molecule has 0 bridgehead atoms. The Kier molecular flexibility index (Phi) is 5.94. The number of rotatable bonds is 7. The Morgan fingerprint density at radius 2 is 1.72 bits per heavy atom. The van der Waals surface area contributed by atoms with E-state index in [-0.39, 0.29) is 10.6 Å². The van der Waals surface area contributed by atoms with Gasteiger partial charge in [-0.2, -0.15) is 9.50 Å². The molecule has 4 aromatic rings. The van der Waals surface area contributed by atoms with Crippen molar-refractivity contribution in [1.82, 2.24) is 19.6 Å². The van der Waals surface area contributed by atoms with Crippen molar-refractivity contribution in [3.05, 3.63) is 60.0 Å². The highest BCUT2D eigenvalue weighted by Gasteiger charge is 2.21. The summed E-state index contributed by atoms with van der Waals surface area (Å²) in [4.78, 5) is 9.61. The van der Waals surface area contributed by atoms with Gasteiger partial charge in [0, 0.05) is 22.3 Å². The van der Waals surface area contributed by atoms with E-state index in [0.29, 0.717) is 23.0 Å². The maximum Gasteiger partial charge on any atom is 0.265 e. The molecule has 32 heavy (non-hydrogen) atoms. The van der Waals surface area contributed by atoms with Crippen LogP contribution in [0, 0.1) is 13.8 Å². The lowest BCUT2D eigenvalue weighted by Gasteiger charge is -2.13. The molecule has 0 atom stereocenters. The first kappa shape index (κ1) is 21.9. The van der Waals surface area contributed by atoms with Gasteiger partial charge in [0.25, 0.3) is 15.8 Å². The molecular weight excluding hydrogens is 450 g/mol. The van der Waals surface area contributed by atoms with Gasteiger partial charge in [-0.3, -0.25) is 4.72 Å². The second kappa shape index (κ2) is 8.67. The number of methoxy groups -OCH3 is 2. The van der Waals surface area contributed by atoms with Gasteiger partial charge in [0.15, 0.2) is 0 Å². The van der Waals surface area contributed by atoms with Gasteiger partial charge in [-0.25, -0.2) is 13.4 Å². The first-order valence-corrected chi connectivity index (χ1v) is 11.8. The Bertz CT molecular complexity index is 1390. The molecule has 0 radical (unpaired) electrons. The summed E-state index contributed by atoms with van der Waals surface area (Å²) in [7, 11) is -0.994. The SMILES string of the molecule is COc1ccc(OC)c(S(=O)(=O)Nc2ccc(Sc3cc(C)nc4nc(C)nn34)cc2)c1. The van der Waals surface area contributed by atoms with E-state index in [2.05, 4.69) is 19.8 Å². The van der Waals surface area contributed by atoms with Crippen molar-refractivity contribution in [2.75, 3.05) is 18.9 Å². The summed E-state index contributed by atoms with van der Waals surface area (Å²) in [6.45, 7) is 3.72. The maximum absolute atomic E-state index is 12.9. The van der Waals surface area contributed by atoms with Crippen LogP contribution in [0.1, 0.15) is 11.5 Å². The lowest BCUT2D eigenvalue weighted by molar-refractivity contribution is 0.392. The molecule has 0 saturated carbocycles. The van der Waals surface area contributed by atoms with Gasteiger partial charge in [0.1, 0.15) is 27.2 Å². The van der Waals surface area contributed by atoms with Crippen LogP contribution >= 0.6 is 11.8 Å². The monoisotopic (exact) mass is 471 g/mol. The second-order valence-corrected chi connectivity index (χ2v) is 9.60. The number of ether oxygens (including phenoxy) is 2. The van der Waals surface area contributed by atoms with Crippen molar-refractivity contribution < 1.29 is 17.9 Å². The molecule has 4 rings (SSSR count). The lowest BCUT2D eigenvalue weighted by Crippen LogP contribution is -2.14. The number of aromatic nitrogens is 4. The van der Waals surface area contributed by atoms with Crippen LogP contribution in [0.25, 0.3) is 5.78 Å². The molecule has 0 aliphatic rings. The van der Waals surface area contributed by atoms with Crippen LogP contribution in [0.4, 0.5) is 5.69 Å². The topological polar surface area (TPSA) is 108 Å². The van der Waals surface area contributed by atoms with Crippen molar-refractivity contribution in [2.45, 2.75) is 28.7 Å². The van der Waals surface area contributed by atoms with Crippen molar-refractivity contribution in [3.63, 3.8) is 0 Å². The third kappa shape index (κ3) is 4.48. The number of nitrogens with zero attached hydrogens (tertiary/aromatic N) is 4. The first-order valence-electron chi connectivity index (χ1n) is 9.53. The molecule has 0 amide bonds. The van der Waals surface area contributed by atoms with E-state index < -0.39 is 10.0 Å². The third-order valence-electron chi connectivity index (χ3n) is 4.50. The number of benzene rings is 2. The summed E-state index contributed by atoms with van der Waals surface area (Å²) >= 11 is 1.49. The highest BCUT2D eigenvalue weighted by molar-refractivity contribution is 7.99. The number of aryl methyl sites for hydroxylation is 2. The normalized spacial score (nSPS) is 11.5. The Morgan fingerprint density at radius 1 is 0.969 bits per heavy atom. The van der Waals surface area contributed by atoms with Crippen molar-refractivity contribution >= 4 is 33.3 Å². The summed E-state index contributed by atoms with van der Waals surface area (Å²) in [6, 6.07) is 13.6. The van der Waals surface area contributed by atoms with Crippen LogP contribution in [0.2, 0.25) is 0 Å². The lowest BCUT2D eigenvalue weighted by atomic mass is 10.3. The molecule has 9 nitrogen and oxygen atoms in total. The number of hydrogen-bond donors (Lipinski definition) is 1. The highest BCUT2D eigenvalue weighted by Crippen LogP contribution is 2.32. The molecule has 0 fully saturated rings. The zero-order chi connectivity index (χ0) is 22.9. The number of anilines is 1. The molecule has 166 valence electrons. The minimum atomic E-state index is -3.88. The Morgan fingerprint density at radius 3 is 2.41 bits per heavy atom. The van der Waals surface area contributed by atoms with Crippen LogP contribution in [0.3, 0.4) is 0 Å². The first-order chi connectivity index (χ1) is 15.3. The average Bonchev–Trinajstić information content (AvgIpc) is 3.14. The predicted molar refractivity (Wildman–Crippen MR) is 121 cm³/mol. The molecule has 11 heteroatoms. The highest BCUT2D eigenvalue weighted by atomic mass is 32.2. The molecule has 0 saturated heterocycles. The molecule has 0 aliphatic heterocycles. The standard InChI is InChI=1S/C21H21N5O4S2/c1-13-11-20(26-21(22-13)23-14(2)24-26)31-17-8-5-15(6-9-17)25-32(27,28)19-12-16(29-3)7-10-18(19)30-4/h5-12,25H,1-4H3. The number of sulfonamides is 1. The van der Waals surface area contributed by atoms with Gasteiger partial charge in [-0.15, -0.1) is 5.10 Å². The predicted octanol–water partition coefficient (Wildman–Crippen LogP) is 3.71. The second-order valence-electron chi connectivity index (χ2n) is 6.86. The minimum absolute atomic E-state index is 0.00555. The Labute approximate surface area is 189 Å². The zero-order valence-electron chi connectivity index (χ0n) is 17.9. The van der Waals surface area contributed by atoms with Crippen LogP contribution < -0.4 is 14.2 Å². The fourth-order valence-electron chi connectivity index (χ4n) is 3.04. The van der Waals surface area contributed by atoms with E-state index in [0.717, 1.165) is 15.6 Å². The van der Waals surface area contributed by atoms with E-state index in [4.69, 9.17) is 9.47 Å². The molecular formula is C21H21N5O4S2. The molecule has 1 N–H and O–H groups in total. The maximum atomic E-state index is 12.9. The van der Waals surface area contributed by atoms with Crippen molar-refractivity contribution in [3.8, 4) is 11.5 Å². The summed E-state index contributed by atoms with van der Waals surface area (Å²) < 4.78 is 40.5.